The number of hydrogen-bond acceptors (Lipinski definition) is 5. The Bertz CT molecular complexity index is 640. The first-order chi connectivity index (χ1) is 10.3. The molecule has 1 N–H and O–H groups in total. The highest BCUT2D eigenvalue weighted by Gasteiger charge is 2.30. The maximum Gasteiger partial charge on any atom is 0.264 e. The van der Waals surface area contributed by atoms with Crippen molar-refractivity contribution >= 4 is 15.9 Å². The summed E-state index contributed by atoms with van der Waals surface area (Å²) >= 11 is 0. The summed E-state index contributed by atoms with van der Waals surface area (Å²) in [6, 6.07) is 3.24. The molecule has 0 radical (unpaired) electrons. The molecule has 1 aliphatic rings. The number of sulfonamides is 1. The third-order valence-corrected chi connectivity index (χ3v) is 5.44. The van der Waals surface area contributed by atoms with Crippen LogP contribution in [0.25, 0.3) is 0 Å². The molecule has 0 saturated carbocycles. The average molecular weight is 327 g/mol. The molecule has 1 aromatic carbocycles. The van der Waals surface area contributed by atoms with Gasteiger partial charge in [0.05, 0.1) is 13.7 Å². The van der Waals surface area contributed by atoms with Crippen LogP contribution in [0.15, 0.2) is 12.1 Å². The van der Waals surface area contributed by atoms with Gasteiger partial charge in [-0.2, -0.15) is 0 Å². The Labute approximate surface area is 130 Å². The van der Waals surface area contributed by atoms with Crippen molar-refractivity contribution in [2.45, 2.75) is 31.9 Å². The van der Waals surface area contributed by atoms with Crippen molar-refractivity contribution in [2.24, 2.45) is 0 Å². The van der Waals surface area contributed by atoms with Gasteiger partial charge in [0.2, 0.25) is 10.0 Å². The minimum absolute atomic E-state index is 0.128. The van der Waals surface area contributed by atoms with Gasteiger partial charge < -0.3 is 9.47 Å². The number of nitrogens with one attached hydrogen (secondary N) is 1. The number of benzene rings is 1. The molecule has 0 aliphatic carbocycles. The second-order valence-electron chi connectivity index (χ2n) is 5.46. The highest BCUT2D eigenvalue weighted by molar-refractivity contribution is 7.90. The van der Waals surface area contributed by atoms with Crippen molar-refractivity contribution < 1.29 is 22.7 Å². The Morgan fingerprint density at radius 3 is 2.45 bits per heavy atom. The van der Waals surface area contributed by atoms with Crippen molar-refractivity contribution in [3.8, 4) is 5.75 Å². The number of aryl methyl sites for hydroxylation is 2. The van der Waals surface area contributed by atoms with Crippen molar-refractivity contribution in [1.29, 1.82) is 0 Å². The highest BCUT2D eigenvalue weighted by Crippen LogP contribution is 2.24. The summed E-state index contributed by atoms with van der Waals surface area (Å²) in [6.45, 7) is 4.32. The molecule has 1 unspecified atom stereocenters. The fraction of sp³-hybridized carbons (Fsp3) is 0.533. The van der Waals surface area contributed by atoms with E-state index in [9.17, 15) is 13.2 Å². The monoisotopic (exact) mass is 327 g/mol. The van der Waals surface area contributed by atoms with E-state index < -0.39 is 21.2 Å². The molecule has 6 nitrogen and oxygen atoms in total. The van der Waals surface area contributed by atoms with Gasteiger partial charge in [-0.3, -0.25) is 4.79 Å². The lowest BCUT2D eigenvalue weighted by atomic mass is 10.1. The number of ether oxygens (including phenoxy) is 2. The Kier molecular flexibility index (Phi) is 5.08. The molecule has 1 aromatic rings. The summed E-state index contributed by atoms with van der Waals surface area (Å²) in [4.78, 5) is 12.2. The minimum atomic E-state index is -3.73. The van der Waals surface area contributed by atoms with Gasteiger partial charge in [-0.05, 0) is 49.9 Å². The van der Waals surface area contributed by atoms with E-state index in [2.05, 4.69) is 4.72 Å². The van der Waals surface area contributed by atoms with Gasteiger partial charge in [0, 0.05) is 12.2 Å². The predicted octanol–water partition coefficient (Wildman–Crippen LogP) is 1.55. The van der Waals surface area contributed by atoms with E-state index in [0.29, 0.717) is 30.8 Å². The van der Waals surface area contributed by atoms with Gasteiger partial charge in [0.25, 0.3) is 5.91 Å². The summed E-state index contributed by atoms with van der Waals surface area (Å²) in [5.41, 5.74) is 1.87. The second-order valence-corrected chi connectivity index (χ2v) is 7.42. The SMILES string of the molecule is COc1c(C)cc(C(=O)NS(=O)(=O)C2CCCOC2)cc1C. The van der Waals surface area contributed by atoms with E-state index in [0.717, 1.165) is 11.1 Å². The molecule has 0 aromatic heterocycles. The maximum absolute atomic E-state index is 12.2. The molecule has 122 valence electrons. The maximum atomic E-state index is 12.2. The van der Waals surface area contributed by atoms with Crippen molar-refractivity contribution in [2.75, 3.05) is 20.3 Å². The average Bonchev–Trinajstić information content (AvgIpc) is 2.47. The summed E-state index contributed by atoms with van der Waals surface area (Å²) in [6.07, 6.45) is 1.18. The first-order valence-corrected chi connectivity index (χ1v) is 8.68. The van der Waals surface area contributed by atoms with E-state index in [1.54, 1.807) is 19.2 Å². The zero-order valence-corrected chi connectivity index (χ0v) is 13.8. The van der Waals surface area contributed by atoms with E-state index in [4.69, 9.17) is 9.47 Å². The number of amides is 1. The van der Waals surface area contributed by atoms with Gasteiger partial charge in [-0.15, -0.1) is 0 Å². The molecule has 1 atom stereocenters. The normalized spacial score (nSPS) is 18.8. The molecule has 0 bridgehead atoms. The van der Waals surface area contributed by atoms with Crippen molar-refractivity contribution in [3.05, 3.63) is 28.8 Å². The fourth-order valence-corrected chi connectivity index (χ4v) is 3.93. The molecule has 22 heavy (non-hydrogen) atoms. The minimum Gasteiger partial charge on any atom is -0.496 e. The van der Waals surface area contributed by atoms with Crippen LogP contribution in [0.2, 0.25) is 0 Å². The lowest BCUT2D eigenvalue weighted by molar-refractivity contribution is 0.0953. The summed E-state index contributed by atoms with van der Waals surface area (Å²) in [5, 5.41) is -0.675. The van der Waals surface area contributed by atoms with Crippen LogP contribution >= 0.6 is 0 Å². The molecular formula is C15H21NO5S. The zero-order valence-electron chi connectivity index (χ0n) is 13.0. The van der Waals surface area contributed by atoms with Crippen LogP contribution in [-0.2, 0) is 14.8 Å². The van der Waals surface area contributed by atoms with Crippen LogP contribution in [0, 0.1) is 13.8 Å². The van der Waals surface area contributed by atoms with Gasteiger partial charge in [-0.1, -0.05) is 0 Å². The fourth-order valence-electron chi connectivity index (χ4n) is 2.63. The van der Waals surface area contributed by atoms with Crippen LogP contribution in [0.5, 0.6) is 5.75 Å². The first-order valence-electron chi connectivity index (χ1n) is 7.14. The largest absolute Gasteiger partial charge is 0.496 e. The number of carbonyl (C=O) groups excluding carboxylic acids is 1. The zero-order chi connectivity index (χ0) is 16.3. The number of carbonyl (C=O) groups is 1. The summed E-state index contributed by atoms with van der Waals surface area (Å²) in [7, 11) is -2.17. The molecule has 1 amide bonds. The molecule has 1 heterocycles. The summed E-state index contributed by atoms with van der Waals surface area (Å²) in [5.74, 6) is 0.0690. The predicted molar refractivity (Wildman–Crippen MR) is 82.7 cm³/mol. The number of hydrogen-bond donors (Lipinski definition) is 1. The molecular weight excluding hydrogens is 306 g/mol. The number of methoxy groups -OCH3 is 1. The smallest absolute Gasteiger partial charge is 0.264 e. The molecule has 0 spiro atoms. The molecule has 2 rings (SSSR count). The van der Waals surface area contributed by atoms with E-state index in [1.165, 1.54) is 0 Å². The second kappa shape index (κ2) is 6.66. The van der Waals surface area contributed by atoms with Crippen LogP contribution in [0.3, 0.4) is 0 Å². The third kappa shape index (κ3) is 3.59. The Hall–Kier alpha value is -1.60. The van der Waals surface area contributed by atoms with Crippen molar-refractivity contribution in [3.63, 3.8) is 0 Å². The van der Waals surface area contributed by atoms with Crippen LogP contribution in [0.1, 0.15) is 34.3 Å². The molecule has 1 saturated heterocycles. The molecule has 1 aliphatic heterocycles. The van der Waals surface area contributed by atoms with E-state index in [-0.39, 0.29) is 6.61 Å². The Morgan fingerprint density at radius 2 is 1.95 bits per heavy atom. The standard InChI is InChI=1S/C15H21NO5S/c1-10-7-12(8-11(2)14(10)20-3)15(17)16-22(18,19)13-5-4-6-21-9-13/h7-8,13H,4-6,9H2,1-3H3,(H,16,17). The first kappa shape index (κ1) is 16.8. The van der Waals surface area contributed by atoms with E-state index in [1.807, 2.05) is 13.8 Å². The highest BCUT2D eigenvalue weighted by atomic mass is 32.2. The number of rotatable bonds is 4. The Morgan fingerprint density at radius 1 is 1.32 bits per heavy atom. The van der Waals surface area contributed by atoms with E-state index >= 15 is 0 Å². The molecule has 1 fully saturated rings. The van der Waals surface area contributed by atoms with Crippen LogP contribution < -0.4 is 9.46 Å². The van der Waals surface area contributed by atoms with Gasteiger partial charge >= 0.3 is 0 Å². The third-order valence-electron chi connectivity index (χ3n) is 3.72. The van der Waals surface area contributed by atoms with Crippen molar-refractivity contribution in [1.82, 2.24) is 4.72 Å². The van der Waals surface area contributed by atoms with Gasteiger partial charge in [0.15, 0.2) is 0 Å². The van der Waals surface area contributed by atoms with Crippen LogP contribution in [0.4, 0.5) is 0 Å². The van der Waals surface area contributed by atoms with Crippen LogP contribution in [-0.4, -0.2) is 39.9 Å². The molecule has 7 heteroatoms. The topological polar surface area (TPSA) is 81.7 Å². The lowest BCUT2D eigenvalue weighted by Gasteiger charge is -2.22. The lowest BCUT2D eigenvalue weighted by Crippen LogP contribution is -2.42. The van der Waals surface area contributed by atoms with Gasteiger partial charge in [-0.25, -0.2) is 13.1 Å². The summed E-state index contributed by atoms with van der Waals surface area (Å²) < 4.78 is 37.0. The Balaban J connectivity index is 2.18. The quantitative estimate of drug-likeness (QED) is 0.907. The van der Waals surface area contributed by atoms with Gasteiger partial charge in [0.1, 0.15) is 11.0 Å².